The number of anilines is 1. The lowest BCUT2D eigenvalue weighted by atomic mass is 10.1. The van der Waals surface area contributed by atoms with Crippen molar-refractivity contribution >= 4 is 16.6 Å². The second kappa shape index (κ2) is 5.06. The van der Waals surface area contributed by atoms with Crippen molar-refractivity contribution in [1.29, 1.82) is 0 Å². The molecule has 1 saturated heterocycles. The Morgan fingerprint density at radius 1 is 1.15 bits per heavy atom. The van der Waals surface area contributed by atoms with E-state index in [0.29, 0.717) is 6.04 Å². The van der Waals surface area contributed by atoms with E-state index in [2.05, 4.69) is 45.5 Å². The fourth-order valence-electron chi connectivity index (χ4n) is 3.29. The highest BCUT2D eigenvalue weighted by atomic mass is 15.2. The number of rotatable bonds is 4. The molecule has 1 unspecified atom stereocenters. The monoisotopic (exact) mass is 267 g/mol. The van der Waals surface area contributed by atoms with Gasteiger partial charge in [-0.15, -0.1) is 0 Å². The Bertz CT molecular complexity index is 601. The van der Waals surface area contributed by atoms with Crippen molar-refractivity contribution in [3.63, 3.8) is 0 Å². The summed E-state index contributed by atoms with van der Waals surface area (Å²) in [5, 5.41) is 4.97. The van der Waals surface area contributed by atoms with E-state index in [-0.39, 0.29) is 0 Å². The van der Waals surface area contributed by atoms with Crippen LogP contribution in [0.15, 0.2) is 36.5 Å². The van der Waals surface area contributed by atoms with Crippen molar-refractivity contribution < 1.29 is 0 Å². The van der Waals surface area contributed by atoms with Gasteiger partial charge in [0.25, 0.3) is 0 Å². The first kappa shape index (κ1) is 12.2. The second-order valence-electron chi connectivity index (χ2n) is 6.02. The number of benzene rings is 1. The molecular formula is C17H21N3. The molecule has 104 valence electrons. The zero-order chi connectivity index (χ0) is 13.4. The van der Waals surface area contributed by atoms with E-state index in [1.165, 1.54) is 43.3 Å². The first-order chi connectivity index (χ1) is 9.92. The summed E-state index contributed by atoms with van der Waals surface area (Å²) in [6.45, 7) is 2.30. The van der Waals surface area contributed by atoms with Crippen LogP contribution < -0.4 is 10.2 Å². The Morgan fingerprint density at radius 2 is 2.05 bits per heavy atom. The molecule has 2 aliphatic rings. The second-order valence-corrected chi connectivity index (χ2v) is 6.02. The number of hydrogen-bond acceptors (Lipinski definition) is 3. The van der Waals surface area contributed by atoms with Gasteiger partial charge in [0.1, 0.15) is 0 Å². The molecule has 1 aliphatic heterocycles. The number of fused-ring (bicyclic) bond motifs is 1. The summed E-state index contributed by atoms with van der Waals surface area (Å²) in [6, 6.07) is 12.1. The molecule has 1 aromatic heterocycles. The lowest BCUT2D eigenvalue weighted by molar-refractivity contribution is 0.572. The molecule has 1 aromatic carbocycles. The summed E-state index contributed by atoms with van der Waals surface area (Å²) in [6.07, 6.45) is 7.28. The zero-order valence-electron chi connectivity index (χ0n) is 11.8. The van der Waals surface area contributed by atoms with E-state index < -0.39 is 0 Å². The number of nitrogens with zero attached hydrogens (tertiary/aromatic N) is 2. The van der Waals surface area contributed by atoms with E-state index in [1.807, 2.05) is 6.20 Å². The minimum Gasteiger partial charge on any atom is -0.367 e. The van der Waals surface area contributed by atoms with Crippen LogP contribution in [0.5, 0.6) is 0 Å². The van der Waals surface area contributed by atoms with Crippen molar-refractivity contribution in [2.45, 2.75) is 37.8 Å². The predicted molar refractivity (Wildman–Crippen MR) is 83.1 cm³/mol. The quantitative estimate of drug-likeness (QED) is 0.923. The smallest absolute Gasteiger partial charge is 0.0722 e. The predicted octanol–water partition coefficient (Wildman–Crippen LogP) is 2.96. The van der Waals surface area contributed by atoms with E-state index in [1.54, 1.807) is 0 Å². The molecule has 20 heavy (non-hydrogen) atoms. The molecule has 1 atom stereocenters. The van der Waals surface area contributed by atoms with Gasteiger partial charge in [-0.05, 0) is 37.8 Å². The van der Waals surface area contributed by atoms with Gasteiger partial charge in [-0.25, -0.2) is 0 Å². The van der Waals surface area contributed by atoms with Crippen LogP contribution in [-0.4, -0.2) is 30.2 Å². The van der Waals surface area contributed by atoms with Crippen LogP contribution in [0.25, 0.3) is 10.9 Å². The Balaban J connectivity index is 1.63. The summed E-state index contributed by atoms with van der Waals surface area (Å²) in [5.74, 6) is 0. The maximum Gasteiger partial charge on any atom is 0.0722 e. The summed E-state index contributed by atoms with van der Waals surface area (Å²) in [5.41, 5.74) is 2.46. The topological polar surface area (TPSA) is 28.2 Å². The Kier molecular flexibility index (Phi) is 3.07. The summed E-state index contributed by atoms with van der Waals surface area (Å²) in [7, 11) is 0. The molecule has 1 N–H and O–H groups in total. The van der Waals surface area contributed by atoms with Crippen LogP contribution in [0.3, 0.4) is 0 Å². The lowest BCUT2D eigenvalue weighted by Gasteiger charge is -2.28. The normalized spacial score (nSPS) is 22.6. The third-order valence-corrected chi connectivity index (χ3v) is 4.53. The largest absolute Gasteiger partial charge is 0.367 e. The van der Waals surface area contributed by atoms with Gasteiger partial charge in [0.05, 0.1) is 5.52 Å². The van der Waals surface area contributed by atoms with Crippen LogP contribution in [0.1, 0.15) is 25.7 Å². The van der Waals surface area contributed by atoms with Crippen LogP contribution in [0, 0.1) is 0 Å². The first-order valence-electron chi connectivity index (χ1n) is 7.75. The third-order valence-electron chi connectivity index (χ3n) is 4.53. The van der Waals surface area contributed by atoms with Gasteiger partial charge in [0.2, 0.25) is 0 Å². The highest BCUT2D eigenvalue weighted by Gasteiger charge is 2.28. The van der Waals surface area contributed by atoms with E-state index in [9.17, 15) is 0 Å². The molecule has 2 aromatic rings. The molecule has 3 heteroatoms. The Labute approximate surface area is 120 Å². The number of pyridine rings is 1. The standard InChI is InChI=1S/C17H21N3/c1-2-6-16-15(5-1)17(9-10-18-16)20-11-3-4-14(20)12-19-13-7-8-13/h1-2,5-6,9-10,13-14,19H,3-4,7-8,11-12H2. The van der Waals surface area contributed by atoms with E-state index >= 15 is 0 Å². The zero-order valence-corrected chi connectivity index (χ0v) is 11.8. The number of aromatic nitrogens is 1. The number of hydrogen-bond donors (Lipinski definition) is 1. The summed E-state index contributed by atoms with van der Waals surface area (Å²) < 4.78 is 0. The molecule has 3 nitrogen and oxygen atoms in total. The van der Waals surface area contributed by atoms with Crippen LogP contribution in [0.2, 0.25) is 0 Å². The van der Waals surface area contributed by atoms with Crippen molar-refractivity contribution in [2.75, 3.05) is 18.0 Å². The average Bonchev–Trinajstić information content (AvgIpc) is 3.21. The third kappa shape index (κ3) is 2.27. The SMILES string of the molecule is c1ccc2c(N3CCCC3CNC3CC3)ccnc2c1. The van der Waals surface area contributed by atoms with Gasteiger partial charge in [-0.1, -0.05) is 18.2 Å². The molecule has 0 amide bonds. The first-order valence-corrected chi connectivity index (χ1v) is 7.75. The molecule has 0 radical (unpaired) electrons. The maximum absolute atomic E-state index is 4.48. The van der Waals surface area contributed by atoms with Crippen molar-refractivity contribution in [3.05, 3.63) is 36.5 Å². The number of nitrogens with one attached hydrogen (secondary N) is 1. The maximum atomic E-state index is 4.48. The van der Waals surface area contributed by atoms with E-state index in [4.69, 9.17) is 0 Å². The van der Waals surface area contributed by atoms with Crippen LogP contribution >= 0.6 is 0 Å². The Hall–Kier alpha value is -1.61. The minimum atomic E-state index is 0.640. The highest BCUT2D eigenvalue weighted by Crippen LogP contribution is 2.31. The van der Waals surface area contributed by atoms with Gasteiger partial charge in [-0.2, -0.15) is 0 Å². The molecule has 2 heterocycles. The van der Waals surface area contributed by atoms with Gasteiger partial charge in [-0.3, -0.25) is 4.98 Å². The molecule has 4 rings (SSSR count). The summed E-state index contributed by atoms with van der Waals surface area (Å²) >= 11 is 0. The van der Waals surface area contributed by atoms with Crippen LogP contribution in [-0.2, 0) is 0 Å². The van der Waals surface area contributed by atoms with E-state index in [0.717, 1.165) is 18.1 Å². The molecule has 1 aliphatic carbocycles. The lowest BCUT2D eigenvalue weighted by Crippen LogP contribution is -2.38. The fourth-order valence-corrected chi connectivity index (χ4v) is 3.29. The molecular weight excluding hydrogens is 246 g/mol. The van der Waals surface area contributed by atoms with Gasteiger partial charge in [0, 0.05) is 42.4 Å². The van der Waals surface area contributed by atoms with Crippen molar-refractivity contribution in [3.8, 4) is 0 Å². The van der Waals surface area contributed by atoms with Gasteiger partial charge < -0.3 is 10.2 Å². The Morgan fingerprint density at radius 3 is 2.95 bits per heavy atom. The highest BCUT2D eigenvalue weighted by molar-refractivity contribution is 5.91. The molecule has 0 spiro atoms. The summed E-state index contributed by atoms with van der Waals surface area (Å²) in [4.78, 5) is 7.06. The minimum absolute atomic E-state index is 0.640. The molecule has 1 saturated carbocycles. The molecule has 2 fully saturated rings. The van der Waals surface area contributed by atoms with Crippen molar-refractivity contribution in [1.82, 2.24) is 10.3 Å². The molecule has 0 bridgehead atoms. The van der Waals surface area contributed by atoms with Gasteiger partial charge in [0.15, 0.2) is 0 Å². The van der Waals surface area contributed by atoms with Gasteiger partial charge >= 0.3 is 0 Å². The van der Waals surface area contributed by atoms with Crippen LogP contribution in [0.4, 0.5) is 5.69 Å². The van der Waals surface area contributed by atoms with Crippen molar-refractivity contribution in [2.24, 2.45) is 0 Å². The number of para-hydroxylation sites is 1. The fraction of sp³-hybridized carbons (Fsp3) is 0.471. The average molecular weight is 267 g/mol.